The van der Waals surface area contributed by atoms with Crippen LogP contribution < -0.4 is 9.64 Å². The third kappa shape index (κ3) is 6.14. The monoisotopic (exact) mass is 390 g/mol. The molecule has 1 aromatic rings. The third-order valence-corrected chi connectivity index (χ3v) is 3.95. The van der Waals surface area contributed by atoms with E-state index in [1.165, 1.54) is 6.92 Å². The molecule has 2 heterocycles. The van der Waals surface area contributed by atoms with Crippen molar-refractivity contribution < 1.29 is 19.1 Å². The molecular formula is C20H30N4O4. The predicted molar refractivity (Wildman–Crippen MR) is 107 cm³/mol. The highest BCUT2D eigenvalue weighted by molar-refractivity contribution is 5.91. The van der Waals surface area contributed by atoms with Crippen LogP contribution in [0.4, 0.5) is 10.5 Å². The summed E-state index contributed by atoms with van der Waals surface area (Å²) in [6.07, 6.45) is 2.95. The van der Waals surface area contributed by atoms with E-state index < -0.39 is 5.60 Å². The maximum absolute atomic E-state index is 12.2. The van der Waals surface area contributed by atoms with Crippen molar-refractivity contribution >= 4 is 17.6 Å². The van der Waals surface area contributed by atoms with E-state index in [1.54, 1.807) is 22.2 Å². The van der Waals surface area contributed by atoms with Gasteiger partial charge in [-0.3, -0.25) is 4.79 Å². The van der Waals surface area contributed by atoms with Crippen molar-refractivity contribution in [3.05, 3.63) is 30.3 Å². The molecule has 1 saturated heterocycles. The summed E-state index contributed by atoms with van der Waals surface area (Å²) in [4.78, 5) is 34.0. The lowest BCUT2D eigenvalue weighted by Gasteiger charge is -2.37. The summed E-state index contributed by atoms with van der Waals surface area (Å²) < 4.78 is 11.3. The fourth-order valence-corrected chi connectivity index (χ4v) is 2.69. The normalized spacial score (nSPS) is 15.3. The van der Waals surface area contributed by atoms with Crippen molar-refractivity contribution in [1.82, 2.24) is 14.8 Å². The maximum Gasteiger partial charge on any atom is 0.410 e. The zero-order valence-electron chi connectivity index (χ0n) is 17.6. The van der Waals surface area contributed by atoms with Gasteiger partial charge in [0.1, 0.15) is 11.3 Å². The number of aromatic nitrogens is 1. The highest BCUT2D eigenvalue weighted by Gasteiger charge is 2.27. The largest absolute Gasteiger partial charge is 0.444 e. The molecule has 0 spiro atoms. The van der Waals surface area contributed by atoms with Crippen molar-refractivity contribution in [2.45, 2.75) is 33.3 Å². The van der Waals surface area contributed by atoms with Gasteiger partial charge in [0, 0.05) is 59.6 Å². The number of hydrogen-bond donors (Lipinski definition) is 0. The highest BCUT2D eigenvalue weighted by Crippen LogP contribution is 2.28. The minimum atomic E-state index is -0.513. The summed E-state index contributed by atoms with van der Waals surface area (Å²) in [6, 6.07) is 3.73. The third-order valence-electron chi connectivity index (χ3n) is 3.95. The molecule has 0 aliphatic carbocycles. The number of carbonyl (C=O) groups excluding carboxylic acids is 2. The minimum Gasteiger partial charge on any atom is -0.444 e. The topological polar surface area (TPSA) is 75.2 Å². The average Bonchev–Trinajstić information content (AvgIpc) is 2.60. The zero-order chi connectivity index (χ0) is 20.9. The number of hydrogen-bond acceptors (Lipinski definition) is 7. The van der Waals surface area contributed by atoms with Crippen LogP contribution in [-0.4, -0.2) is 72.5 Å². The summed E-state index contributed by atoms with van der Waals surface area (Å²) in [6.45, 7) is 9.34. The van der Waals surface area contributed by atoms with Gasteiger partial charge >= 0.3 is 6.09 Å². The second-order valence-corrected chi connectivity index (χ2v) is 7.90. The molecule has 154 valence electrons. The molecule has 2 rings (SSSR count). The molecule has 0 bridgehead atoms. The van der Waals surface area contributed by atoms with E-state index in [1.807, 2.05) is 47.0 Å². The number of amides is 1. The summed E-state index contributed by atoms with van der Waals surface area (Å²) in [5, 5.41) is 0. The van der Waals surface area contributed by atoms with Gasteiger partial charge in [-0.25, -0.2) is 9.78 Å². The zero-order valence-corrected chi connectivity index (χ0v) is 17.6. The molecule has 0 radical (unpaired) electrons. The molecule has 1 aliphatic heterocycles. The number of piperazine rings is 1. The van der Waals surface area contributed by atoms with Crippen LogP contribution in [0.25, 0.3) is 0 Å². The summed E-state index contributed by atoms with van der Waals surface area (Å²) >= 11 is 0. The molecule has 0 saturated carbocycles. The predicted octanol–water partition coefficient (Wildman–Crippen LogP) is 2.51. The number of nitrogens with zero attached hydrogens (tertiary/aromatic N) is 4. The first-order chi connectivity index (χ1) is 13.1. The number of Topliss-reactive ketones (excluding diaryl/α,β-unsaturated/α-hetero) is 1. The molecule has 28 heavy (non-hydrogen) atoms. The fourth-order valence-electron chi connectivity index (χ4n) is 2.69. The Balaban J connectivity index is 2.10. The lowest BCUT2D eigenvalue weighted by Crippen LogP contribution is -2.50. The van der Waals surface area contributed by atoms with Gasteiger partial charge in [-0.1, -0.05) is 0 Å². The van der Waals surface area contributed by atoms with E-state index >= 15 is 0 Å². The van der Waals surface area contributed by atoms with Crippen molar-refractivity contribution in [3.63, 3.8) is 0 Å². The van der Waals surface area contributed by atoms with Crippen LogP contribution in [0.2, 0.25) is 0 Å². The molecule has 0 aromatic carbocycles. The molecule has 1 aliphatic rings. The van der Waals surface area contributed by atoms with Gasteiger partial charge in [-0.05, 0) is 32.9 Å². The van der Waals surface area contributed by atoms with Crippen molar-refractivity contribution in [1.29, 1.82) is 0 Å². The van der Waals surface area contributed by atoms with E-state index in [2.05, 4.69) is 9.88 Å². The van der Waals surface area contributed by atoms with Gasteiger partial charge in [-0.15, -0.1) is 0 Å². The van der Waals surface area contributed by atoms with Gasteiger partial charge in [0.05, 0.1) is 0 Å². The van der Waals surface area contributed by atoms with E-state index in [4.69, 9.17) is 9.47 Å². The second kappa shape index (κ2) is 8.95. The number of ketones is 1. The Kier molecular flexibility index (Phi) is 6.88. The number of pyridine rings is 1. The van der Waals surface area contributed by atoms with E-state index in [0.29, 0.717) is 32.1 Å². The Labute approximate surface area is 166 Å². The van der Waals surface area contributed by atoms with Gasteiger partial charge in [0.15, 0.2) is 11.5 Å². The van der Waals surface area contributed by atoms with Crippen LogP contribution in [0.3, 0.4) is 0 Å². The van der Waals surface area contributed by atoms with Crippen LogP contribution in [0.15, 0.2) is 30.3 Å². The van der Waals surface area contributed by atoms with Gasteiger partial charge < -0.3 is 24.2 Å². The van der Waals surface area contributed by atoms with Crippen LogP contribution in [0, 0.1) is 0 Å². The van der Waals surface area contributed by atoms with Crippen molar-refractivity contribution in [2.24, 2.45) is 0 Å². The van der Waals surface area contributed by atoms with Crippen LogP contribution >= 0.6 is 0 Å². The first-order valence-electron chi connectivity index (χ1n) is 9.32. The first kappa shape index (κ1) is 21.5. The Morgan fingerprint density at radius 2 is 1.82 bits per heavy atom. The molecule has 0 unspecified atom stereocenters. The van der Waals surface area contributed by atoms with Crippen LogP contribution in [-0.2, 0) is 9.53 Å². The molecule has 0 atom stereocenters. The van der Waals surface area contributed by atoms with Crippen LogP contribution in [0.1, 0.15) is 27.7 Å². The van der Waals surface area contributed by atoms with Gasteiger partial charge in [0.25, 0.3) is 0 Å². The molecule has 8 heteroatoms. The Morgan fingerprint density at radius 1 is 1.18 bits per heavy atom. The number of ether oxygens (including phenoxy) is 2. The SMILES string of the molecule is CC(=O)/C(=C/N(C)C)Oc1ncccc1N1CCN(C(=O)OC(C)(C)C)CC1. The lowest BCUT2D eigenvalue weighted by molar-refractivity contribution is -0.115. The van der Waals surface area contributed by atoms with Gasteiger partial charge in [0.2, 0.25) is 5.88 Å². The maximum atomic E-state index is 12.2. The molecular weight excluding hydrogens is 360 g/mol. The fraction of sp³-hybridized carbons (Fsp3) is 0.550. The van der Waals surface area contributed by atoms with E-state index in [9.17, 15) is 9.59 Å². The summed E-state index contributed by atoms with van der Waals surface area (Å²) in [5.74, 6) is 0.411. The second-order valence-electron chi connectivity index (χ2n) is 7.90. The quantitative estimate of drug-likeness (QED) is 0.565. The minimum absolute atomic E-state index is 0.181. The lowest BCUT2D eigenvalue weighted by atomic mass is 10.2. The molecule has 1 aromatic heterocycles. The first-order valence-corrected chi connectivity index (χ1v) is 9.32. The van der Waals surface area contributed by atoms with Gasteiger partial charge in [-0.2, -0.15) is 0 Å². The average molecular weight is 390 g/mol. The number of rotatable bonds is 5. The molecule has 1 amide bonds. The Hall–Kier alpha value is -2.77. The molecule has 1 fully saturated rings. The van der Waals surface area contributed by atoms with E-state index in [0.717, 1.165) is 5.69 Å². The summed E-state index contributed by atoms with van der Waals surface area (Å²) in [5.41, 5.74) is 0.276. The summed E-state index contributed by atoms with van der Waals surface area (Å²) in [7, 11) is 3.64. The smallest absolute Gasteiger partial charge is 0.410 e. The highest BCUT2D eigenvalue weighted by atomic mass is 16.6. The number of anilines is 1. The van der Waals surface area contributed by atoms with Crippen molar-refractivity contribution in [2.75, 3.05) is 45.2 Å². The van der Waals surface area contributed by atoms with Crippen molar-refractivity contribution in [3.8, 4) is 5.88 Å². The standard InChI is InChI=1S/C20H30N4O4/c1-15(25)17(14-22(5)6)27-18-16(8-7-9-21-18)23-10-12-24(13-11-23)19(26)28-20(2,3)4/h7-9,14H,10-13H2,1-6H3/b17-14-. The van der Waals surface area contributed by atoms with Crippen LogP contribution in [0.5, 0.6) is 5.88 Å². The Morgan fingerprint density at radius 3 is 2.36 bits per heavy atom. The number of carbonyl (C=O) groups is 2. The Bertz CT molecular complexity index is 732. The molecule has 8 nitrogen and oxygen atoms in total. The number of allylic oxidation sites excluding steroid dienone is 1. The van der Waals surface area contributed by atoms with E-state index in [-0.39, 0.29) is 17.6 Å². The molecule has 0 N–H and O–H groups in total.